The maximum Gasteiger partial charge on any atom is 0.267 e. The molecule has 0 spiro atoms. The Morgan fingerprint density at radius 3 is 2.65 bits per heavy atom. The molecule has 0 saturated carbocycles. The number of hydrogen-bond donors (Lipinski definition) is 0. The molecular formula is C15H16N2O2S. The van der Waals surface area contributed by atoms with Gasteiger partial charge in [-0.05, 0) is 30.5 Å². The van der Waals surface area contributed by atoms with E-state index < -0.39 is 0 Å². The van der Waals surface area contributed by atoms with Crippen LogP contribution in [0.5, 0.6) is 0 Å². The quantitative estimate of drug-likeness (QED) is 0.626. The lowest BCUT2D eigenvalue weighted by Gasteiger charge is -2.16. The van der Waals surface area contributed by atoms with E-state index >= 15 is 0 Å². The third kappa shape index (κ3) is 3.68. The number of oxime groups is 1. The summed E-state index contributed by atoms with van der Waals surface area (Å²) in [6.07, 6.45) is 0. The second-order valence-corrected chi connectivity index (χ2v) is 5.16. The number of anilines is 1. The zero-order valence-corrected chi connectivity index (χ0v) is 12.3. The van der Waals surface area contributed by atoms with Crippen LogP contribution in [0.4, 0.5) is 5.69 Å². The summed E-state index contributed by atoms with van der Waals surface area (Å²) < 4.78 is 0. The lowest BCUT2D eigenvalue weighted by Crippen LogP contribution is -2.29. The molecule has 1 heterocycles. The molecule has 0 unspecified atom stereocenters. The number of benzene rings is 1. The number of para-hydroxylation sites is 1. The summed E-state index contributed by atoms with van der Waals surface area (Å²) in [6.45, 7) is 1.78. The summed E-state index contributed by atoms with van der Waals surface area (Å²) in [7, 11) is 1.72. The lowest BCUT2D eigenvalue weighted by molar-refractivity contribution is -0.122. The second kappa shape index (κ2) is 6.86. The summed E-state index contributed by atoms with van der Waals surface area (Å²) in [5.41, 5.74) is 1.61. The predicted molar refractivity (Wildman–Crippen MR) is 82.3 cm³/mol. The Morgan fingerprint density at radius 2 is 2.00 bits per heavy atom. The SMILES string of the molecule is C/C(=N/OCC(=O)N(C)c1ccccc1)c1cccs1. The number of carbonyl (C=O) groups excluding carboxylic acids is 1. The topological polar surface area (TPSA) is 41.9 Å². The Bertz CT molecular complexity index is 579. The lowest BCUT2D eigenvalue weighted by atomic mass is 10.3. The van der Waals surface area contributed by atoms with Crippen molar-refractivity contribution in [2.75, 3.05) is 18.6 Å². The molecule has 0 aliphatic carbocycles. The summed E-state index contributed by atoms with van der Waals surface area (Å²) in [5, 5.41) is 5.94. The first kappa shape index (κ1) is 14.3. The van der Waals surface area contributed by atoms with Crippen molar-refractivity contribution in [2.24, 2.45) is 5.16 Å². The number of thiophene rings is 1. The van der Waals surface area contributed by atoms with Crippen molar-refractivity contribution in [1.82, 2.24) is 0 Å². The van der Waals surface area contributed by atoms with E-state index in [2.05, 4.69) is 5.16 Å². The largest absolute Gasteiger partial charge is 0.385 e. The van der Waals surface area contributed by atoms with Gasteiger partial charge in [-0.3, -0.25) is 4.79 Å². The van der Waals surface area contributed by atoms with E-state index in [-0.39, 0.29) is 12.5 Å². The molecule has 1 aromatic carbocycles. The molecule has 2 rings (SSSR count). The molecular weight excluding hydrogens is 272 g/mol. The van der Waals surface area contributed by atoms with Gasteiger partial charge in [0.05, 0.1) is 10.6 Å². The van der Waals surface area contributed by atoms with Gasteiger partial charge in [0.2, 0.25) is 0 Å². The molecule has 0 aliphatic heterocycles. The third-order valence-corrected chi connectivity index (χ3v) is 3.76. The molecule has 5 heteroatoms. The minimum Gasteiger partial charge on any atom is -0.385 e. The highest BCUT2D eigenvalue weighted by molar-refractivity contribution is 7.12. The summed E-state index contributed by atoms with van der Waals surface area (Å²) in [4.78, 5) is 19.7. The maximum absolute atomic E-state index is 11.9. The second-order valence-electron chi connectivity index (χ2n) is 4.22. The molecule has 1 aromatic heterocycles. The van der Waals surface area contributed by atoms with E-state index in [0.717, 1.165) is 16.3 Å². The fraction of sp³-hybridized carbons (Fsp3) is 0.200. The molecule has 0 aliphatic rings. The molecule has 0 atom stereocenters. The Hall–Kier alpha value is -2.14. The van der Waals surface area contributed by atoms with Gasteiger partial charge in [0.15, 0.2) is 6.61 Å². The van der Waals surface area contributed by atoms with Crippen LogP contribution in [-0.2, 0) is 9.63 Å². The number of rotatable bonds is 5. The van der Waals surface area contributed by atoms with Gasteiger partial charge in [0.25, 0.3) is 5.91 Å². The van der Waals surface area contributed by atoms with Crippen molar-refractivity contribution in [1.29, 1.82) is 0 Å². The highest BCUT2D eigenvalue weighted by Crippen LogP contribution is 2.12. The van der Waals surface area contributed by atoms with E-state index in [1.807, 2.05) is 54.8 Å². The number of likely N-dealkylation sites (N-methyl/N-ethyl adjacent to an activating group) is 1. The van der Waals surface area contributed by atoms with Gasteiger partial charge in [-0.15, -0.1) is 11.3 Å². The fourth-order valence-corrected chi connectivity index (χ4v) is 2.27. The first-order valence-electron chi connectivity index (χ1n) is 6.20. The molecule has 0 bridgehead atoms. The Kier molecular flexibility index (Phi) is 4.90. The third-order valence-electron chi connectivity index (χ3n) is 2.78. The molecule has 4 nitrogen and oxygen atoms in total. The van der Waals surface area contributed by atoms with E-state index in [1.54, 1.807) is 23.3 Å². The monoisotopic (exact) mass is 288 g/mol. The van der Waals surface area contributed by atoms with Gasteiger partial charge >= 0.3 is 0 Å². The van der Waals surface area contributed by atoms with Crippen LogP contribution in [0.1, 0.15) is 11.8 Å². The van der Waals surface area contributed by atoms with Crippen molar-refractivity contribution >= 4 is 28.6 Å². The normalized spacial score (nSPS) is 11.2. The average Bonchev–Trinajstić information content (AvgIpc) is 3.01. The van der Waals surface area contributed by atoms with Crippen LogP contribution in [0, 0.1) is 0 Å². The highest BCUT2D eigenvalue weighted by atomic mass is 32.1. The Balaban J connectivity index is 1.88. The minimum atomic E-state index is -0.140. The van der Waals surface area contributed by atoms with E-state index in [9.17, 15) is 4.79 Å². The van der Waals surface area contributed by atoms with Crippen LogP contribution in [0.3, 0.4) is 0 Å². The van der Waals surface area contributed by atoms with Crippen molar-refractivity contribution in [2.45, 2.75) is 6.92 Å². The summed E-state index contributed by atoms with van der Waals surface area (Å²) in [5.74, 6) is -0.140. The number of carbonyl (C=O) groups is 1. The molecule has 20 heavy (non-hydrogen) atoms. The van der Waals surface area contributed by atoms with Crippen molar-refractivity contribution in [3.05, 3.63) is 52.7 Å². The molecule has 1 amide bonds. The van der Waals surface area contributed by atoms with Gasteiger partial charge in [0.1, 0.15) is 0 Å². The maximum atomic E-state index is 11.9. The molecule has 0 saturated heterocycles. The Morgan fingerprint density at radius 1 is 1.25 bits per heavy atom. The molecule has 0 N–H and O–H groups in total. The van der Waals surface area contributed by atoms with Gasteiger partial charge in [-0.2, -0.15) is 0 Å². The van der Waals surface area contributed by atoms with Crippen LogP contribution < -0.4 is 4.90 Å². The van der Waals surface area contributed by atoms with Crippen LogP contribution in [-0.4, -0.2) is 25.3 Å². The van der Waals surface area contributed by atoms with Gasteiger partial charge < -0.3 is 9.74 Å². The van der Waals surface area contributed by atoms with Crippen LogP contribution >= 0.6 is 11.3 Å². The van der Waals surface area contributed by atoms with Crippen LogP contribution in [0.2, 0.25) is 0 Å². The zero-order chi connectivity index (χ0) is 14.4. The van der Waals surface area contributed by atoms with Crippen LogP contribution in [0.15, 0.2) is 53.0 Å². The van der Waals surface area contributed by atoms with Crippen molar-refractivity contribution < 1.29 is 9.63 Å². The number of hydrogen-bond acceptors (Lipinski definition) is 4. The first-order valence-corrected chi connectivity index (χ1v) is 7.08. The van der Waals surface area contributed by atoms with Gasteiger partial charge in [0, 0.05) is 12.7 Å². The van der Waals surface area contributed by atoms with Crippen molar-refractivity contribution in [3.63, 3.8) is 0 Å². The molecule has 0 fully saturated rings. The fourth-order valence-electron chi connectivity index (χ4n) is 1.61. The van der Waals surface area contributed by atoms with E-state index in [0.29, 0.717) is 0 Å². The standard InChI is InChI=1S/C15H16N2O2S/c1-12(14-9-6-10-20-14)16-19-11-15(18)17(2)13-7-4-3-5-8-13/h3-10H,11H2,1-2H3/b16-12-. The number of amides is 1. The molecule has 104 valence electrons. The van der Waals surface area contributed by atoms with Crippen LogP contribution in [0.25, 0.3) is 0 Å². The summed E-state index contributed by atoms with van der Waals surface area (Å²) in [6, 6.07) is 13.3. The summed E-state index contributed by atoms with van der Waals surface area (Å²) >= 11 is 1.59. The van der Waals surface area contributed by atoms with E-state index in [4.69, 9.17) is 4.84 Å². The minimum absolute atomic E-state index is 0.0753. The zero-order valence-electron chi connectivity index (χ0n) is 11.4. The molecule has 2 aromatic rings. The smallest absolute Gasteiger partial charge is 0.267 e. The predicted octanol–water partition coefficient (Wildman–Crippen LogP) is 3.15. The number of nitrogens with zero attached hydrogens (tertiary/aromatic N) is 2. The first-order chi connectivity index (χ1) is 9.68. The van der Waals surface area contributed by atoms with Gasteiger partial charge in [-0.1, -0.05) is 29.4 Å². The highest BCUT2D eigenvalue weighted by Gasteiger charge is 2.11. The molecule has 0 radical (unpaired) electrons. The van der Waals surface area contributed by atoms with E-state index in [1.165, 1.54) is 0 Å². The van der Waals surface area contributed by atoms with Gasteiger partial charge in [-0.25, -0.2) is 0 Å². The van der Waals surface area contributed by atoms with Crippen molar-refractivity contribution in [3.8, 4) is 0 Å². The Labute approximate surface area is 122 Å². The average molecular weight is 288 g/mol.